The number of hydrogen-bond acceptors (Lipinski definition) is 4. The van der Waals surface area contributed by atoms with Crippen LogP contribution in [0, 0.1) is 0 Å². The molecular formula is C7H7N3O3S. The van der Waals surface area contributed by atoms with Crippen LogP contribution >= 0.6 is 11.3 Å². The number of thiazole rings is 1. The molecule has 0 radical (unpaired) electrons. The summed E-state index contributed by atoms with van der Waals surface area (Å²) >= 11 is 1.04. The first kappa shape index (κ1) is 8.95. The third-order valence-electron chi connectivity index (χ3n) is 1.80. The Labute approximate surface area is 82.5 Å². The molecule has 74 valence electrons. The largest absolute Gasteiger partial charge is 0.324 e. The monoisotopic (exact) mass is 213 g/mol. The fourth-order valence-corrected chi connectivity index (χ4v) is 1.78. The van der Waals surface area contributed by atoms with Crippen LogP contribution in [0.5, 0.6) is 0 Å². The van der Waals surface area contributed by atoms with Crippen LogP contribution in [-0.4, -0.2) is 28.4 Å². The van der Waals surface area contributed by atoms with E-state index < -0.39 is 6.03 Å². The number of aromatic amines is 1. The van der Waals surface area contributed by atoms with Crippen LogP contribution in [-0.2, 0) is 11.3 Å². The second kappa shape index (κ2) is 3.26. The third-order valence-corrected chi connectivity index (χ3v) is 2.52. The first-order valence-corrected chi connectivity index (χ1v) is 4.78. The molecule has 0 saturated carbocycles. The van der Waals surface area contributed by atoms with E-state index in [1.54, 1.807) is 5.38 Å². The van der Waals surface area contributed by atoms with Gasteiger partial charge in [0.15, 0.2) is 0 Å². The fourth-order valence-electron chi connectivity index (χ4n) is 1.21. The van der Waals surface area contributed by atoms with Crippen molar-refractivity contribution in [2.75, 3.05) is 6.54 Å². The standard InChI is InChI=1S/C7H7N3O3S/c11-5-2-10(6(12)9-5)1-4-3-14-7(13)8-4/h3H,1-2H2,(H,8,13)(H,9,11,12). The van der Waals surface area contributed by atoms with Crippen molar-refractivity contribution in [1.29, 1.82) is 0 Å². The van der Waals surface area contributed by atoms with Crippen LogP contribution in [0.25, 0.3) is 0 Å². The van der Waals surface area contributed by atoms with Crippen molar-refractivity contribution in [2.45, 2.75) is 6.54 Å². The smallest absolute Gasteiger partial charge is 0.315 e. The highest BCUT2D eigenvalue weighted by molar-refractivity contribution is 7.07. The Bertz CT molecular complexity index is 435. The topological polar surface area (TPSA) is 82.3 Å². The number of imide groups is 1. The lowest BCUT2D eigenvalue weighted by atomic mass is 10.4. The van der Waals surface area contributed by atoms with E-state index >= 15 is 0 Å². The molecule has 0 aromatic carbocycles. The van der Waals surface area contributed by atoms with E-state index in [4.69, 9.17) is 0 Å². The van der Waals surface area contributed by atoms with Gasteiger partial charge in [-0.2, -0.15) is 0 Å². The molecule has 3 amide bonds. The summed E-state index contributed by atoms with van der Waals surface area (Å²) in [5.41, 5.74) is 0.643. The predicted molar refractivity (Wildman–Crippen MR) is 48.9 cm³/mol. The van der Waals surface area contributed by atoms with Crippen LogP contribution in [0.2, 0.25) is 0 Å². The number of H-pyrrole nitrogens is 1. The van der Waals surface area contributed by atoms with E-state index in [0.29, 0.717) is 5.69 Å². The minimum absolute atomic E-state index is 0.0523. The summed E-state index contributed by atoms with van der Waals surface area (Å²) in [6.45, 7) is 0.313. The molecule has 0 unspecified atom stereocenters. The fraction of sp³-hybridized carbons (Fsp3) is 0.286. The van der Waals surface area contributed by atoms with Gasteiger partial charge < -0.3 is 9.88 Å². The highest BCUT2D eigenvalue weighted by Crippen LogP contribution is 2.05. The van der Waals surface area contributed by atoms with E-state index in [1.165, 1.54) is 4.90 Å². The molecule has 14 heavy (non-hydrogen) atoms. The number of hydrogen-bond donors (Lipinski definition) is 2. The lowest BCUT2D eigenvalue weighted by molar-refractivity contribution is -0.118. The molecule has 0 bridgehead atoms. The first-order valence-electron chi connectivity index (χ1n) is 3.90. The summed E-state index contributed by atoms with van der Waals surface area (Å²) < 4.78 is 0. The quantitative estimate of drug-likeness (QED) is 0.649. The molecule has 2 rings (SSSR count). The van der Waals surface area contributed by atoms with Gasteiger partial charge in [-0.1, -0.05) is 11.3 Å². The van der Waals surface area contributed by atoms with Crippen LogP contribution < -0.4 is 10.2 Å². The number of nitrogens with one attached hydrogen (secondary N) is 2. The van der Waals surface area contributed by atoms with Crippen molar-refractivity contribution in [3.8, 4) is 0 Å². The molecule has 0 aliphatic carbocycles. The molecule has 0 spiro atoms. The Morgan fingerprint density at radius 1 is 1.43 bits per heavy atom. The van der Waals surface area contributed by atoms with Crippen molar-refractivity contribution < 1.29 is 9.59 Å². The normalized spacial score (nSPS) is 16.1. The molecule has 2 N–H and O–H groups in total. The van der Waals surface area contributed by atoms with Crippen molar-refractivity contribution in [3.63, 3.8) is 0 Å². The summed E-state index contributed by atoms with van der Waals surface area (Å²) in [6.07, 6.45) is 0. The number of amides is 3. The second-order valence-corrected chi connectivity index (χ2v) is 3.72. The average molecular weight is 213 g/mol. The maximum Gasteiger partial charge on any atom is 0.324 e. The number of rotatable bonds is 2. The Morgan fingerprint density at radius 3 is 2.71 bits per heavy atom. The highest BCUT2D eigenvalue weighted by Gasteiger charge is 2.26. The molecule has 1 aromatic heterocycles. The molecule has 1 fully saturated rings. The minimum Gasteiger partial charge on any atom is -0.315 e. The molecule has 1 saturated heterocycles. The number of urea groups is 1. The Balaban J connectivity index is 2.08. The van der Waals surface area contributed by atoms with Crippen LogP contribution in [0.3, 0.4) is 0 Å². The van der Waals surface area contributed by atoms with Gasteiger partial charge in [0.25, 0.3) is 0 Å². The van der Waals surface area contributed by atoms with Crippen LogP contribution in [0.4, 0.5) is 4.79 Å². The zero-order valence-corrected chi connectivity index (χ0v) is 7.89. The number of carbonyl (C=O) groups is 2. The summed E-state index contributed by atoms with van der Waals surface area (Å²) in [5.74, 6) is -0.312. The van der Waals surface area contributed by atoms with E-state index in [1.807, 2.05) is 0 Å². The van der Waals surface area contributed by atoms with E-state index in [2.05, 4.69) is 10.3 Å². The van der Waals surface area contributed by atoms with E-state index in [9.17, 15) is 14.4 Å². The Hall–Kier alpha value is -1.63. The second-order valence-electron chi connectivity index (χ2n) is 2.88. The van der Waals surface area contributed by atoms with Crippen LogP contribution in [0.1, 0.15) is 5.69 Å². The zero-order valence-electron chi connectivity index (χ0n) is 7.07. The molecule has 1 aliphatic heterocycles. The molecule has 7 heteroatoms. The van der Waals surface area contributed by atoms with Gasteiger partial charge in [0.2, 0.25) is 5.91 Å². The molecule has 1 aliphatic rings. The SMILES string of the molecule is O=C1CN(Cc2csc(=O)[nH]2)C(=O)N1. The van der Waals surface area contributed by atoms with E-state index in [0.717, 1.165) is 11.3 Å². The van der Waals surface area contributed by atoms with Gasteiger partial charge in [0.05, 0.1) is 6.54 Å². The molecule has 2 heterocycles. The van der Waals surface area contributed by atoms with Crippen molar-refractivity contribution in [3.05, 3.63) is 20.7 Å². The summed E-state index contributed by atoms with van der Waals surface area (Å²) in [7, 11) is 0. The number of aromatic nitrogens is 1. The van der Waals surface area contributed by atoms with Gasteiger partial charge >= 0.3 is 10.9 Å². The van der Waals surface area contributed by atoms with Crippen molar-refractivity contribution in [1.82, 2.24) is 15.2 Å². The Kier molecular flexibility index (Phi) is 2.08. The molecule has 0 atom stereocenters. The summed E-state index contributed by atoms with van der Waals surface area (Å²) in [6, 6.07) is -0.415. The maximum absolute atomic E-state index is 11.1. The first-order chi connectivity index (χ1) is 6.65. The van der Waals surface area contributed by atoms with Gasteiger partial charge in [-0.15, -0.1) is 0 Å². The van der Waals surface area contributed by atoms with E-state index in [-0.39, 0.29) is 23.9 Å². The Morgan fingerprint density at radius 2 is 2.21 bits per heavy atom. The van der Waals surface area contributed by atoms with Gasteiger partial charge in [-0.3, -0.25) is 14.9 Å². The zero-order chi connectivity index (χ0) is 10.1. The number of nitrogens with zero attached hydrogens (tertiary/aromatic N) is 1. The molecule has 6 nitrogen and oxygen atoms in total. The predicted octanol–water partition coefficient (Wildman–Crippen LogP) is -0.512. The lowest BCUT2D eigenvalue weighted by Gasteiger charge is -2.10. The minimum atomic E-state index is -0.415. The highest BCUT2D eigenvalue weighted by atomic mass is 32.1. The van der Waals surface area contributed by atoms with Gasteiger partial charge in [0.1, 0.15) is 6.54 Å². The van der Waals surface area contributed by atoms with Crippen molar-refractivity contribution >= 4 is 23.3 Å². The van der Waals surface area contributed by atoms with Gasteiger partial charge in [0, 0.05) is 11.1 Å². The maximum atomic E-state index is 11.1. The van der Waals surface area contributed by atoms with Gasteiger partial charge in [-0.25, -0.2) is 4.79 Å². The summed E-state index contributed by atoms with van der Waals surface area (Å²) in [5, 5.41) is 3.79. The molecule has 1 aromatic rings. The third kappa shape index (κ3) is 1.67. The van der Waals surface area contributed by atoms with Crippen LogP contribution in [0.15, 0.2) is 10.2 Å². The lowest BCUT2D eigenvalue weighted by Crippen LogP contribution is -2.28. The average Bonchev–Trinajstić information content (AvgIpc) is 2.61. The summed E-state index contributed by atoms with van der Waals surface area (Å²) in [4.78, 5) is 36.4. The van der Waals surface area contributed by atoms with Crippen molar-refractivity contribution in [2.24, 2.45) is 0 Å². The molecular weight excluding hydrogens is 206 g/mol. The van der Waals surface area contributed by atoms with Gasteiger partial charge in [-0.05, 0) is 0 Å². The number of carbonyl (C=O) groups excluding carboxylic acids is 2.